The van der Waals surface area contributed by atoms with Crippen molar-refractivity contribution in [3.8, 4) is 0 Å². The molecule has 100 valence electrons. The molecule has 6 nitrogen and oxygen atoms in total. The largest absolute Gasteiger partial charge is 0.370 e. The summed E-state index contributed by atoms with van der Waals surface area (Å²) in [5.41, 5.74) is 5.70. The van der Waals surface area contributed by atoms with Crippen LogP contribution in [0.15, 0.2) is 36.8 Å². The quantitative estimate of drug-likeness (QED) is 0.731. The van der Waals surface area contributed by atoms with Crippen LogP contribution >= 0.6 is 0 Å². The average Bonchev–Trinajstić information content (AvgIpc) is 2.40. The Morgan fingerprint density at radius 2 is 2.00 bits per heavy atom. The van der Waals surface area contributed by atoms with Gasteiger partial charge in [-0.05, 0) is 25.5 Å². The molecule has 0 bridgehead atoms. The lowest BCUT2D eigenvalue weighted by atomic mass is 10.2. The van der Waals surface area contributed by atoms with Gasteiger partial charge in [-0.25, -0.2) is 15.0 Å². The number of nitrogens with one attached hydrogen (secondary N) is 2. The van der Waals surface area contributed by atoms with E-state index in [9.17, 15) is 0 Å². The number of nitrogens with zero attached hydrogens (tertiary/aromatic N) is 3. The van der Waals surface area contributed by atoms with Crippen molar-refractivity contribution >= 4 is 17.5 Å². The molecule has 0 saturated carbocycles. The number of rotatable bonds is 6. The fourth-order valence-electron chi connectivity index (χ4n) is 1.52. The molecule has 0 spiro atoms. The van der Waals surface area contributed by atoms with Crippen molar-refractivity contribution in [1.82, 2.24) is 15.0 Å². The molecule has 0 radical (unpaired) electrons. The second-order valence-electron chi connectivity index (χ2n) is 4.32. The van der Waals surface area contributed by atoms with Crippen LogP contribution in [0.2, 0.25) is 0 Å². The van der Waals surface area contributed by atoms with E-state index in [-0.39, 0.29) is 6.04 Å². The highest BCUT2D eigenvalue weighted by Crippen LogP contribution is 2.13. The van der Waals surface area contributed by atoms with E-state index in [0.29, 0.717) is 5.82 Å². The number of nitrogens with two attached hydrogens (primary N) is 1. The molecule has 4 N–H and O–H groups in total. The molecule has 19 heavy (non-hydrogen) atoms. The summed E-state index contributed by atoms with van der Waals surface area (Å²) in [5.74, 6) is 2.23. The zero-order valence-electron chi connectivity index (χ0n) is 10.9. The van der Waals surface area contributed by atoms with Gasteiger partial charge in [0, 0.05) is 24.8 Å². The number of hydrogen-bond donors (Lipinski definition) is 3. The fraction of sp³-hybridized carbons (Fsp3) is 0.308. The maximum absolute atomic E-state index is 5.70. The van der Waals surface area contributed by atoms with Gasteiger partial charge in [-0.15, -0.1) is 0 Å². The van der Waals surface area contributed by atoms with Crippen LogP contribution in [-0.2, 0) is 0 Å². The minimum absolute atomic E-state index is 0.181. The molecular weight excluding hydrogens is 240 g/mol. The second-order valence-corrected chi connectivity index (χ2v) is 4.32. The third-order valence-electron chi connectivity index (χ3n) is 2.49. The summed E-state index contributed by atoms with van der Waals surface area (Å²) >= 11 is 0. The Bertz CT molecular complexity index is 499. The van der Waals surface area contributed by atoms with Crippen molar-refractivity contribution in [1.29, 1.82) is 0 Å². The van der Waals surface area contributed by atoms with Gasteiger partial charge in [0.25, 0.3) is 0 Å². The lowest BCUT2D eigenvalue weighted by molar-refractivity contribution is 0.689. The van der Waals surface area contributed by atoms with Crippen LogP contribution in [0, 0.1) is 0 Å². The molecule has 2 aromatic heterocycles. The topological polar surface area (TPSA) is 88.8 Å². The summed E-state index contributed by atoms with van der Waals surface area (Å²) in [7, 11) is 0. The highest BCUT2D eigenvalue weighted by molar-refractivity contribution is 5.55. The number of anilines is 3. The van der Waals surface area contributed by atoms with E-state index in [2.05, 4.69) is 25.6 Å². The molecule has 0 aliphatic rings. The van der Waals surface area contributed by atoms with Crippen LogP contribution in [0.1, 0.15) is 13.3 Å². The molecule has 0 aliphatic carbocycles. The van der Waals surface area contributed by atoms with Crippen molar-refractivity contribution in [3.63, 3.8) is 0 Å². The third kappa shape index (κ3) is 4.51. The molecule has 0 saturated heterocycles. The predicted molar refractivity (Wildman–Crippen MR) is 76.3 cm³/mol. The second kappa shape index (κ2) is 6.65. The summed E-state index contributed by atoms with van der Waals surface area (Å²) in [6.45, 7) is 2.77. The lowest BCUT2D eigenvalue weighted by Gasteiger charge is -2.09. The Balaban J connectivity index is 1.95. The molecule has 0 aliphatic heterocycles. The van der Waals surface area contributed by atoms with E-state index >= 15 is 0 Å². The van der Waals surface area contributed by atoms with Gasteiger partial charge >= 0.3 is 0 Å². The average molecular weight is 258 g/mol. The van der Waals surface area contributed by atoms with Crippen LogP contribution in [0.25, 0.3) is 0 Å². The first kappa shape index (κ1) is 13.2. The van der Waals surface area contributed by atoms with Crippen LogP contribution in [-0.4, -0.2) is 27.5 Å². The number of hydrogen-bond acceptors (Lipinski definition) is 6. The summed E-state index contributed by atoms with van der Waals surface area (Å²) in [6, 6.07) is 7.69. The molecule has 6 heteroatoms. The van der Waals surface area contributed by atoms with Crippen molar-refractivity contribution < 1.29 is 0 Å². The van der Waals surface area contributed by atoms with Crippen LogP contribution in [0.4, 0.5) is 17.5 Å². The van der Waals surface area contributed by atoms with Gasteiger partial charge in [0.1, 0.15) is 23.8 Å². The predicted octanol–water partition coefficient (Wildman–Crippen LogP) is 1.76. The molecule has 0 amide bonds. The highest BCUT2D eigenvalue weighted by Gasteiger charge is 2.00. The van der Waals surface area contributed by atoms with Gasteiger partial charge in [0.15, 0.2) is 0 Å². The van der Waals surface area contributed by atoms with Gasteiger partial charge < -0.3 is 16.4 Å². The number of pyridine rings is 1. The van der Waals surface area contributed by atoms with E-state index in [0.717, 1.165) is 24.6 Å². The highest BCUT2D eigenvalue weighted by atomic mass is 15.1. The maximum Gasteiger partial charge on any atom is 0.137 e. The monoisotopic (exact) mass is 258 g/mol. The van der Waals surface area contributed by atoms with Crippen LogP contribution < -0.4 is 16.4 Å². The zero-order chi connectivity index (χ0) is 13.5. The summed E-state index contributed by atoms with van der Waals surface area (Å²) in [5, 5.41) is 6.33. The smallest absolute Gasteiger partial charge is 0.137 e. The summed E-state index contributed by atoms with van der Waals surface area (Å²) in [6.07, 6.45) is 4.14. The minimum Gasteiger partial charge on any atom is -0.370 e. The maximum atomic E-state index is 5.70. The molecule has 2 heterocycles. The molecule has 0 aromatic carbocycles. The Morgan fingerprint density at radius 1 is 1.16 bits per heavy atom. The van der Waals surface area contributed by atoms with Crippen molar-refractivity contribution in [2.45, 2.75) is 19.4 Å². The van der Waals surface area contributed by atoms with Crippen molar-refractivity contribution in [2.24, 2.45) is 5.73 Å². The molecule has 1 atom stereocenters. The standard InChI is InChI=1S/C13H18N6/c1-10(14)5-7-16-12-8-13(18-9-17-12)19-11-4-2-3-6-15-11/h2-4,6,8-10H,5,7,14H2,1H3,(H2,15,16,17,18,19). The summed E-state index contributed by atoms with van der Waals surface area (Å²) in [4.78, 5) is 12.5. The Hall–Kier alpha value is -2.21. The minimum atomic E-state index is 0.181. The molecule has 0 fully saturated rings. The van der Waals surface area contributed by atoms with Gasteiger partial charge in [0.05, 0.1) is 0 Å². The Labute approximate surface area is 112 Å². The van der Waals surface area contributed by atoms with E-state index < -0.39 is 0 Å². The molecular formula is C13H18N6. The summed E-state index contributed by atoms with van der Waals surface area (Å²) < 4.78 is 0. The van der Waals surface area contributed by atoms with Gasteiger partial charge in [-0.1, -0.05) is 6.07 Å². The first-order valence-corrected chi connectivity index (χ1v) is 6.23. The van der Waals surface area contributed by atoms with Crippen molar-refractivity contribution in [3.05, 3.63) is 36.8 Å². The lowest BCUT2D eigenvalue weighted by Crippen LogP contribution is -2.19. The van der Waals surface area contributed by atoms with Gasteiger partial charge in [-0.2, -0.15) is 0 Å². The Morgan fingerprint density at radius 3 is 2.74 bits per heavy atom. The van der Waals surface area contributed by atoms with Gasteiger partial charge in [-0.3, -0.25) is 0 Å². The molecule has 2 aromatic rings. The van der Waals surface area contributed by atoms with E-state index in [1.165, 1.54) is 6.33 Å². The third-order valence-corrected chi connectivity index (χ3v) is 2.49. The molecule has 1 unspecified atom stereocenters. The normalized spacial score (nSPS) is 11.9. The first-order valence-electron chi connectivity index (χ1n) is 6.23. The molecule has 2 rings (SSSR count). The Kier molecular flexibility index (Phi) is 4.63. The van der Waals surface area contributed by atoms with Crippen LogP contribution in [0.3, 0.4) is 0 Å². The van der Waals surface area contributed by atoms with Crippen LogP contribution in [0.5, 0.6) is 0 Å². The van der Waals surface area contributed by atoms with Crippen molar-refractivity contribution in [2.75, 3.05) is 17.2 Å². The van der Waals surface area contributed by atoms with E-state index in [1.54, 1.807) is 6.20 Å². The van der Waals surface area contributed by atoms with E-state index in [4.69, 9.17) is 5.73 Å². The fourth-order valence-corrected chi connectivity index (χ4v) is 1.52. The van der Waals surface area contributed by atoms with Gasteiger partial charge in [0.2, 0.25) is 0 Å². The SMILES string of the molecule is CC(N)CCNc1cc(Nc2ccccn2)ncn1. The number of aromatic nitrogens is 3. The zero-order valence-corrected chi connectivity index (χ0v) is 10.9. The van der Waals surface area contributed by atoms with E-state index in [1.807, 2.05) is 31.2 Å². The first-order chi connectivity index (χ1) is 9.24.